The van der Waals surface area contributed by atoms with E-state index < -0.39 is 3.74 Å². The molecule has 0 unspecified atom stereocenters. The zero-order valence-electron chi connectivity index (χ0n) is 7.63. The molecule has 1 aromatic carbocycles. The van der Waals surface area contributed by atoms with Gasteiger partial charge in [0.15, 0.2) is 5.78 Å². The molecule has 0 aliphatic heterocycles. The summed E-state index contributed by atoms with van der Waals surface area (Å²) in [7, 11) is 0. The van der Waals surface area contributed by atoms with E-state index in [1.807, 2.05) is 0 Å². The van der Waals surface area contributed by atoms with Crippen LogP contribution < -0.4 is 0 Å². The largest absolute Gasteiger partial charge is 0.292 e. The summed E-state index contributed by atoms with van der Waals surface area (Å²) in [6.45, 7) is 0. The number of ketones is 1. The highest BCUT2D eigenvalue weighted by Gasteiger charge is 2.14. The third kappa shape index (κ3) is 2.96. The lowest BCUT2D eigenvalue weighted by Crippen LogP contribution is -2.07. The second-order valence-electron chi connectivity index (χ2n) is 2.75. The molecule has 3 heteroatoms. The van der Waals surface area contributed by atoms with Gasteiger partial charge < -0.3 is 0 Å². The number of carbonyl (C=O) groups is 1. The molecule has 0 aliphatic rings. The second kappa shape index (κ2) is 5.16. The number of hydrogen-bond donors (Lipinski definition) is 0. The van der Waals surface area contributed by atoms with Crippen LogP contribution in [-0.4, -0.2) is 9.52 Å². The number of carbonyl (C=O) groups excluding carboxylic acids is 1. The molecule has 15 heavy (non-hydrogen) atoms. The summed E-state index contributed by atoms with van der Waals surface area (Å²) in [5.41, 5.74) is 1.71. The van der Waals surface area contributed by atoms with E-state index in [9.17, 15) is 4.79 Å². The maximum atomic E-state index is 11.6. The van der Waals surface area contributed by atoms with Gasteiger partial charge >= 0.3 is 0 Å². The van der Waals surface area contributed by atoms with Gasteiger partial charge in [-0.05, 0) is 18.2 Å². The second-order valence-corrected chi connectivity index (χ2v) is 5.81. The van der Waals surface area contributed by atoms with Gasteiger partial charge in [-0.3, -0.25) is 4.79 Å². The lowest BCUT2D eigenvalue weighted by atomic mass is 10.0. The van der Waals surface area contributed by atoms with Crippen LogP contribution >= 0.6 is 31.9 Å². The van der Waals surface area contributed by atoms with Crippen LogP contribution in [0.15, 0.2) is 18.2 Å². The Labute approximate surface area is 106 Å². The van der Waals surface area contributed by atoms with Crippen molar-refractivity contribution in [3.63, 3.8) is 0 Å². The zero-order chi connectivity index (χ0) is 11.4. The molecule has 0 N–H and O–H groups in total. The summed E-state index contributed by atoms with van der Waals surface area (Å²) in [4.78, 5) is 11.6. The van der Waals surface area contributed by atoms with Crippen LogP contribution in [0.3, 0.4) is 0 Å². The lowest BCUT2D eigenvalue weighted by Gasteiger charge is -2.03. The van der Waals surface area contributed by atoms with Gasteiger partial charge in [-0.15, -0.1) is 12.8 Å². The molecule has 0 amide bonds. The highest BCUT2D eigenvalue weighted by Crippen LogP contribution is 2.18. The quantitative estimate of drug-likeness (QED) is 0.464. The minimum Gasteiger partial charge on any atom is -0.292 e. The van der Waals surface area contributed by atoms with Gasteiger partial charge in [0.25, 0.3) is 0 Å². The molecular formula is C12H6Br2O. The third-order valence-corrected chi connectivity index (χ3v) is 2.58. The Morgan fingerprint density at radius 1 is 1.13 bits per heavy atom. The van der Waals surface area contributed by atoms with Gasteiger partial charge in [-0.2, -0.15) is 0 Å². The summed E-state index contributed by atoms with van der Waals surface area (Å²) in [5.74, 6) is 4.81. The van der Waals surface area contributed by atoms with Crippen LogP contribution in [0.5, 0.6) is 0 Å². The molecule has 0 saturated carbocycles. The number of alkyl halides is 2. The van der Waals surface area contributed by atoms with E-state index in [1.54, 1.807) is 18.2 Å². The number of Topliss-reactive ketones (excluding diaryl/α,β-unsaturated/α-hetero) is 1. The summed E-state index contributed by atoms with van der Waals surface area (Å²) in [6, 6.07) is 4.96. The van der Waals surface area contributed by atoms with E-state index in [-0.39, 0.29) is 5.78 Å². The average Bonchev–Trinajstić information content (AvgIpc) is 2.27. The number of rotatable bonds is 2. The summed E-state index contributed by atoms with van der Waals surface area (Å²) >= 11 is 6.27. The smallest absolute Gasteiger partial charge is 0.187 e. The Kier molecular flexibility index (Phi) is 4.15. The van der Waals surface area contributed by atoms with Gasteiger partial charge in [0.2, 0.25) is 0 Å². The highest BCUT2D eigenvalue weighted by molar-refractivity contribution is 9.25. The normalized spacial score (nSPS) is 9.40. The number of halogens is 2. The van der Waals surface area contributed by atoms with Gasteiger partial charge in [-0.1, -0.05) is 43.7 Å². The topological polar surface area (TPSA) is 17.1 Å². The fraction of sp³-hybridized carbons (Fsp3) is 0.0833. The van der Waals surface area contributed by atoms with Crippen molar-refractivity contribution < 1.29 is 4.79 Å². The lowest BCUT2D eigenvalue weighted by molar-refractivity contribution is 0.101. The van der Waals surface area contributed by atoms with Crippen molar-refractivity contribution >= 4 is 37.6 Å². The number of benzene rings is 1. The first-order valence-electron chi connectivity index (χ1n) is 3.99. The van der Waals surface area contributed by atoms with Crippen molar-refractivity contribution in [3.05, 3.63) is 34.9 Å². The maximum absolute atomic E-state index is 11.6. The predicted molar refractivity (Wildman–Crippen MR) is 68.3 cm³/mol. The summed E-state index contributed by atoms with van der Waals surface area (Å²) in [6.07, 6.45) is 10.5. The molecule has 0 radical (unpaired) electrons. The maximum Gasteiger partial charge on any atom is 0.187 e. The molecule has 0 spiro atoms. The van der Waals surface area contributed by atoms with E-state index in [4.69, 9.17) is 12.8 Å². The number of hydrogen-bond acceptors (Lipinski definition) is 1. The molecule has 1 rings (SSSR count). The fourth-order valence-corrected chi connectivity index (χ4v) is 1.59. The van der Waals surface area contributed by atoms with Crippen LogP contribution in [0.1, 0.15) is 21.5 Å². The van der Waals surface area contributed by atoms with Crippen LogP contribution in [-0.2, 0) is 0 Å². The Hall–Kier alpha value is -1.03. The summed E-state index contributed by atoms with van der Waals surface area (Å²) < 4.78 is -0.427. The van der Waals surface area contributed by atoms with Crippen LogP contribution in [0, 0.1) is 24.7 Å². The Bertz CT molecular complexity index is 443. The molecule has 0 fully saturated rings. The van der Waals surface area contributed by atoms with Crippen molar-refractivity contribution in [3.8, 4) is 24.7 Å². The Morgan fingerprint density at radius 2 is 1.60 bits per heavy atom. The SMILES string of the molecule is C#Cc1cc(C#C)cc(C(=O)C(Br)Br)c1. The first-order valence-corrected chi connectivity index (χ1v) is 5.82. The van der Waals surface area contributed by atoms with Gasteiger partial charge in [0, 0.05) is 16.7 Å². The molecule has 0 saturated heterocycles. The third-order valence-electron chi connectivity index (χ3n) is 1.75. The van der Waals surface area contributed by atoms with E-state index in [2.05, 4.69) is 43.7 Å². The minimum atomic E-state index is -0.427. The molecule has 0 atom stereocenters. The first kappa shape index (κ1) is 12.0. The molecule has 1 nitrogen and oxygen atoms in total. The van der Waals surface area contributed by atoms with Gasteiger partial charge in [-0.25, -0.2) is 0 Å². The van der Waals surface area contributed by atoms with Crippen LogP contribution in [0.4, 0.5) is 0 Å². The van der Waals surface area contributed by atoms with Gasteiger partial charge in [0.1, 0.15) is 3.74 Å². The predicted octanol–water partition coefficient (Wildman–Crippen LogP) is 2.95. The molecule has 74 valence electrons. The zero-order valence-corrected chi connectivity index (χ0v) is 10.8. The molecule has 0 aromatic heterocycles. The average molecular weight is 326 g/mol. The molecule has 1 aromatic rings. The van der Waals surface area contributed by atoms with Crippen molar-refractivity contribution in [1.29, 1.82) is 0 Å². The van der Waals surface area contributed by atoms with Crippen molar-refractivity contribution in [2.24, 2.45) is 0 Å². The monoisotopic (exact) mass is 324 g/mol. The molecule has 0 bridgehead atoms. The van der Waals surface area contributed by atoms with Gasteiger partial charge in [0.05, 0.1) is 0 Å². The Morgan fingerprint density at radius 3 is 1.93 bits per heavy atom. The first-order chi connectivity index (χ1) is 7.08. The van der Waals surface area contributed by atoms with Crippen molar-refractivity contribution in [2.45, 2.75) is 3.74 Å². The van der Waals surface area contributed by atoms with Crippen molar-refractivity contribution in [2.75, 3.05) is 0 Å². The summed E-state index contributed by atoms with van der Waals surface area (Å²) in [5, 5.41) is 0. The van der Waals surface area contributed by atoms with Crippen LogP contribution in [0.25, 0.3) is 0 Å². The van der Waals surface area contributed by atoms with E-state index >= 15 is 0 Å². The standard InChI is InChI=1S/C12H6Br2O/c1-3-8-5-9(4-2)7-10(6-8)11(15)12(13)14/h1-2,5-7,12H. The Balaban J connectivity index is 3.27. The van der Waals surface area contributed by atoms with E-state index in [0.29, 0.717) is 16.7 Å². The molecule has 0 aliphatic carbocycles. The molecular weight excluding hydrogens is 320 g/mol. The van der Waals surface area contributed by atoms with Crippen LogP contribution in [0.2, 0.25) is 0 Å². The van der Waals surface area contributed by atoms with Crippen molar-refractivity contribution in [1.82, 2.24) is 0 Å². The van der Waals surface area contributed by atoms with E-state index in [0.717, 1.165) is 0 Å². The number of terminal acetylenes is 2. The minimum absolute atomic E-state index is 0.108. The molecule has 0 heterocycles. The highest BCUT2D eigenvalue weighted by atomic mass is 79.9. The van der Waals surface area contributed by atoms with E-state index in [1.165, 1.54) is 0 Å². The fourth-order valence-electron chi connectivity index (χ4n) is 1.06.